The molecule has 2 unspecified atom stereocenters. The van der Waals surface area contributed by atoms with Gasteiger partial charge in [0, 0.05) is 31.2 Å². The number of likely N-dealkylation sites (N-methyl/N-ethyl adjacent to an activating group) is 1. The van der Waals surface area contributed by atoms with Crippen molar-refractivity contribution in [1.82, 2.24) is 15.5 Å². The second kappa shape index (κ2) is 14.0. The van der Waals surface area contributed by atoms with E-state index in [1.54, 1.807) is 12.1 Å². The molecule has 0 spiro atoms. The van der Waals surface area contributed by atoms with Crippen molar-refractivity contribution in [2.24, 2.45) is 11.7 Å². The highest BCUT2D eigenvalue weighted by Gasteiger charge is 2.21. The lowest BCUT2D eigenvalue weighted by Gasteiger charge is -2.20. The molecule has 2 atom stereocenters. The zero-order chi connectivity index (χ0) is 20.5. The Morgan fingerprint density at radius 1 is 0.967 bits per heavy atom. The number of carbonyl (C=O) groups excluding carboxylic acids is 2. The fraction of sp³-hybridized carbons (Fsp3) is 0.364. The maximum Gasteiger partial charge on any atom is 0.251 e. The summed E-state index contributed by atoms with van der Waals surface area (Å²) in [5.74, 6) is -0.536. The highest BCUT2D eigenvalue weighted by atomic mass is 35.5. The molecule has 0 fully saturated rings. The molecule has 2 rings (SSSR count). The lowest BCUT2D eigenvalue weighted by molar-refractivity contribution is -0.125. The number of amides is 2. The van der Waals surface area contributed by atoms with Crippen molar-refractivity contribution in [2.45, 2.75) is 19.5 Å². The van der Waals surface area contributed by atoms with Gasteiger partial charge in [0.2, 0.25) is 5.91 Å². The first-order chi connectivity index (χ1) is 13.4. The van der Waals surface area contributed by atoms with Gasteiger partial charge in [0.15, 0.2) is 0 Å². The van der Waals surface area contributed by atoms with Crippen molar-refractivity contribution in [3.05, 3.63) is 71.3 Å². The molecule has 0 saturated heterocycles. The number of benzene rings is 2. The van der Waals surface area contributed by atoms with Gasteiger partial charge in [0.05, 0.1) is 5.92 Å². The number of nitrogens with one attached hydrogen (secondary N) is 2. The summed E-state index contributed by atoms with van der Waals surface area (Å²) in [4.78, 5) is 26.5. The van der Waals surface area contributed by atoms with Crippen LogP contribution in [0.4, 0.5) is 0 Å². The summed E-state index contributed by atoms with van der Waals surface area (Å²) in [6.07, 6.45) is 0. The van der Waals surface area contributed by atoms with E-state index in [9.17, 15) is 9.59 Å². The molecule has 6 nitrogen and oxygen atoms in total. The maximum atomic E-state index is 12.4. The second-order valence-electron chi connectivity index (χ2n) is 7.20. The molecule has 0 aliphatic heterocycles. The molecule has 0 aliphatic carbocycles. The fourth-order valence-electron chi connectivity index (χ4n) is 2.75. The van der Waals surface area contributed by atoms with Crippen LogP contribution in [0, 0.1) is 5.92 Å². The Labute approximate surface area is 191 Å². The molecule has 4 N–H and O–H groups in total. The number of carbonyl (C=O) groups is 2. The normalized spacial score (nSPS) is 12.2. The number of hydrogen-bond donors (Lipinski definition) is 3. The van der Waals surface area contributed by atoms with Crippen molar-refractivity contribution in [3.63, 3.8) is 0 Å². The van der Waals surface area contributed by atoms with E-state index in [1.165, 1.54) is 0 Å². The first-order valence-electron chi connectivity index (χ1n) is 9.48. The molecule has 0 aromatic heterocycles. The first-order valence-corrected chi connectivity index (χ1v) is 9.48. The molecule has 0 aliphatic rings. The van der Waals surface area contributed by atoms with Crippen LogP contribution in [0.25, 0.3) is 0 Å². The van der Waals surface area contributed by atoms with Crippen LogP contribution in [0.2, 0.25) is 0 Å². The number of halogens is 2. The predicted molar refractivity (Wildman–Crippen MR) is 126 cm³/mol. The summed E-state index contributed by atoms with van der Waals surface area (Å²) in [5.41, 5.74) is 8.69. The molecule has 0 heterocycles. The maximum absolute atomic E-state index is 12.4. The summed E-state index contributed by atoms with van der Waals surface area (Å²) in [6.45, 7) is 3.61. The summed E-state index contributed by atoms with van der Waals surface area (Å²) in [7, 11) is 3.92. The van der Waals surface area contributed by atoms with Crippen molar-refractivity contribution in [2.75, 3.05) is 27.2 Å². The van der Waals surface area contributed by atoms with Gasteiger partial charge in [-0.1, -0.05) is 49.4 Å². The average molecular weight is 455 g/mol. The van der Waals surface area contributed by atoms with Gasteiger partial charge in [-0.3, -0.25) is 9.59 Å². The third kappa shape index (κ3) is 8.71. The van der Waals surface area contributed by atoms with Gasteiger partial charge in [-0.15, -0.1) is 24.8 Å². The van der Waals surface area contributed by atoms with Gasteiger partial charge >= 0.3 is 0 Å². The van der Waals surface area contributed by atoms with Gasteiger partial charge < -0.3 is 21.3 Å². The molecular formula is C22H32Cl2N4O2. The van der Waals surface area contributed by atoms with Crippen molar-refractivity contribution >= 4 is 36.6 Å². The Kier molecular flexibility index (Phi) is 13.0. The van der Waals surface area contributed by atoms with Crippen LogP contribution in [0.3, 0.4) is 0 Å². The number of nitrogens with zero attached hydrogens (tertiary/aromatic N) is 1. The molecule has 0 radical (unpaired) electrons. The van der Waals surface area contributed by atoms with Gasteiger partial charge in [0.1, 0.15) is 0 Å². The van der Waals surface area contributed by atoms with Crippen molar-refractivity contribution < 1.29 is 9.59 Å². The van der Waals surface area contributed by atoms with Crippen LogP contribution in [0.15, 0.2) is 54.6 Å². The van der Waals surface area contributed by atoms with E-state index in [-0.39, 0.29) is 48.6 Å². The Morgan fingerprint density at radius 2 is 1.57 bits per heavy atom. The zero-order valence-electron chi connectivity index (χ0n) is 17.6. The number of nitrogens with two attached hydrogens (primary N) is 1. The minimum absolute atomic E-state index is 0. The van der Waals surface area contributed by atoms with E-state index in [0.717, 1.165) is 17.7 Å². The lowest BCUT2D eigenvalue weighted by atomic mass is 9.94. The van der Waals surface area contributed by atoms with Crippen LogP contribution < -0.4 is 16.4 Å². The summed E-state index contributed by atoms with van der Waals surface area (Å²) in [5, 5.41) is 5.80. The van der Waals surface area contributed by atoms with E-state index in [0.29, 0.717) is 18.7 Å². The van der Waals surface area contributed by atoms with Gasteiger partial charge in [0.25, 0.3) is 5.91 Å². The van der Waals surface area contributed by atoms with Crippen LogP contribution in [0.5, 0.6) is 0 Å². The smallest absolute Gasteiger partial charge is 0.251 e. The number of hydrogen-bond acceptors (Lipinski definition) is 4. The third-order valence-corrected chi connectivity index (χ3v) is 4.66. The van der Waals surface area contributed by atoms with Gasteiger partial charge in [-0.25, -0.2) is 0 Å². The average Bonchev–Trinajstić information content (AvgIpc) is 2.71. The van der Waals surface area contributed by atoms with Gasteiger partial charge in [-0.2, -0.15) is 0 Å². The van der Waals surface area contributed by atoms with E-state index < -0.39 is 0 Å². The number of rotatable bonds is 9. The van der Waals surface area contributed by atoms with E-state index in [1.807, 2.05) is 68.4 Å². The molecule has 0 bridgehead atoms. The standard InChI is InChI=1S/C22H30N4O2.2ClH/c1-16(20(23)18-7-5-4-6-8-18)21(27)25-15-17-9-11-19(12-10-17)22(28)24-13-14-26(2)3;;/h4-12,16,20H,13-15,23H2,1-3H3,(H,24,28)(H,25,27);2*1H. The Hall–Kier alpha value is -2.12. The van der Waals surface area contributed by atoms with Crippen LogP contribution in [0.1, 0.15) is 34.5 Å². The lowest BCUT2D eigenvalue weighted by Crippen LogP contribution is -2.35. The topological polar surface area (TPSA) is 87.5 Å². The van der Waals surface area contributed by atoms with Crippen LogP contribution >= 0.6 is 24.8 Å². The summed E-state index contributed by atoms with van der Waals surface area (Å²) < 4.78 is 0. The Morgan fingerprint density at radius 3 is 2.13 bits per heavy atom. The largest absolute Gasteiger partial charge is 0.352 e. The second-order valence-corrected chi connectivity index (χ2v) is 7.20. The molecule has 2 amide bonds. The monoisotopic (exact) mass is 454 g/mol. The first kappa shape index (κ1) is 27.9. The molecule has 2 aromatic carbocycles. The fourth-order valence-corrected chi connectivity index (χ4v) is 2.75. The Bertz CT molecular complexity index is 770. The van der Waals surface area contributed by atoms with Gasteiger partial charge in [-0.05, 0) is 37.4 Å². The molecule has 30 heavy (non-hydrogen) atoms. The Balaban J connectivity index is 0.00000420. The minimum atomic E-state index is -0.352. The molecule has 2 aromatic rings. The zero-order valence-corrected chi connectivity index (χ0v) is 19.3. The molecule has 0 saturated carbocycles. The summed E-state index contributed by atoms with van der Waals surface area (Å²) in [6, 6.07) is 16.5. The molecular weight excluding hydrogens is 423 g/mol. The molecule has 166 valence electrons. The summed E-state index contributed by atoms with van der Waals surface area (Å²) >= 11 is 0. The highest BCUT2D eigenvalue weighted by molar-refractivity contribution is 5.94. The van der Waals surface area contributed by atoms with Crippen molar-refractivity contribution in [3.8, 4) is 0 Å². The van der Waals surface area contributed by atoms with E-state index >= 15 is 0 Å². The van der Waals surface area contributed by atoms with Crippen molar-refractivity contribution in [1.29, 1.82) is 0 Å². The van der Waals surface area contributed by atoms with Crippen LogP contribution in [-0.2, 0) is 11.3 Å². The van der Waals surface area contributed by atoms with Crippen LogP contribution in [-0.4, -0.2) is 43.9 Å². The SMILES string of the molecule is CC(C(=O)NCc1ccc(C(=O)NCCN(C)C)cc1)C(N)c1ccccc1.Cl.Cl. The third-order valence-electron chi connectivity index (χ3n) is 4.66. The van der Waals surface area contributed by atoms with E-state index in [2.05, 4.69) is 10.6 Å². The quantitative estimate of drug-likeness (QED) is 0.543. The minimum Gasteiger partial charge on any atom is -0.352 e. The highest BCUT2D eigenvalue weighted by Crippen LogP contribution is 2.19. The predicted octanol–water partition coefficient (Wildman–Crippen LogP) is 2.77. The van der Waals surface area contributed by atoms with E-state index in [4.69, 9.17) is 5.73 Å². The molecule has 8 heteroatoms.